The summed E-state index contributed by atoms with van der Waals surface area (Å²) in [5.41, 5.74) is 2.60. The minimum atomic E-state index is -0.918. The zero-order valence-electron chi connectivity index (χ0n) is 21.1. The lowest BCUT2D eigenvalue weighted by Crippen LogP contribution is -2.78. The fourth-order valence-electron chi connectivity index (χ4n) is 8.61. The van der Waals surface area contributed by atoms with Gasteiger partial charge in [-0.05, 0) is 80.7 Å². The summed E-state index contributed by atoms with van der Waals surface area (Å²) in [6, 6.07) is 13.8. The summed E-state index contributed by atoms with van der Waals surface area (Å²) < 4.78 is 6.69. The summed E-state index contributed by atoms with van der Waals surface area (Å²) in [7, 11) is 0. The molecular weight excluding hydrogens is 464 g/mol. The van der Waals surface area contributed by atoms with Gasteiger partial charge in [-0.2, -0.15) is 0 Å². The Morgan fingerprint density at radius 2 is 1.89 bits per heavy atom. The topological polar surface area (TPSA) is 73.2 Å². The summed E-state index contributed by atoms with van der Waals surface area (Å²) in [6.45, 7) is 2.66. The van der Waals surface area contributed by atoms with E-state index in [0.717, 1.165) is 55.0 Å². The van der Waals surface area contributed by atoms with Crippen LogP contribution in [0.1, 0.15) is 55.2 Å². The van der Waals surface area contributed by atoms with Crippen molar-refractivity contribution < 1.29 is 19.7 Å². The lowest BCUT2D eigenvalue weighted by atomic mass is 9.48. The first-order chi connectivity index (χ1) is 18.0. The number of benzene rings is 2. The minimum Gasteiger partial charge on any atom is -0.504 e. The number of amides is 1. The molecule has 6 heteroatoms. The SMILES string of the molecule is O=C1/C(=C/c2ccccc2)CCN1[C@H]1CC[C@@]2(O)[C@H]3Cc4ccc(O)c5c4[C@@]2(CCN3CC2CC2)[C@H]1O5. The van der Waals surface area contributed by atoms with Crippen molar-refractivity contribution >= 4 is 12.0 Å². The Kier molecular flexibility index (Phi) is 4.56. The number of hydrogen-bond acceptors (Lipinski definition) is 5. The largest absolute Gasteiger partial charge is 0.504 e. The van der Waals surface area contributed by atoms with Gasteiger partial charge in [0.15, 0.2) is 11.5 Å². The molecular formula is C31H34N2O4. The molecule has 2 saturated heterocycles. The van der Waals surface area contributed by atoms with E-state index in [9.17, 15) is 15.0 Å². The average molecular weight is 499 g/mol. The average Bonchev–Trinajstić information content (AvgIpc) is 3.55. The molecule has 3 aliphatic carbocycles. The van der Waals surface area contributed by atoms with Crippen LogP contribution in [0.25, 0.3) is 6.08 Å². The second-order valence-corrected chi connectivity index (χ2v) is 12.2. The van der Waals surface area contributed by atoms with Crippen molar-refractivity contribution in [1.82, 2.24) is 9.80 Å². The van der Waals surface area contributed by atoms with Crippen molar-refractivity contribution in [2.24, 2.45) is 5.92 Å². The number of phenolic OH excluding ortho intramolecular Hbond substituents is 1. The highest BCUT2D eigenvalue weighted by Gasteiger charge is 2.73. The first kappa shape index (κ1) is 22.2. The van der Waals surface area contributed by atoms with Gasteiger partial charge in [0, 0.05) is 30.3 Å². The molecule has 2 saturated carbocycles. The van der Waals surface area contributed by atoms with Crippen LogP contribution in [0.5, 0.6) is 11.5 Å². The van der Waals surface area contributed by atoms with Crippen LogP contribution in [0.4, 0.5) is 0 Å². The Bertz CT molecular complexity index is 1320. The van der Waals surface area contributed by atoms with Crippen molar-refractivity contribution in [2.75, 3.05) is 19.6 Å². The summed E-state index contributed by atoms with van der Waals surface area (Å²) in [5, 5.41) is 23.5. The smallest absolute Gasteiger partial charge is 0.250 e. The van der Waals surface area contributed by atoms with E-state index in [1.165, 1.54) is 18.4 Å². The molecule has 2 aromatic rings. The third kappa shape index (κ3) is 2.91. The number of phenols is 1. The van der Waals surface area contributed by atoms with E-state index in [2.05, 4.69) is 4.90 Å². The van der Waals surface area contributed by atoms with Crippen LogP contribution in [0.2, 0.25) is 0 Å². The van der Waals surface area contributed by atoms with Crippen molar-refractivity contribution in [3.8, 4) is 11.5 Å². The molecule has 2 bridgehead atoms. The Balaban J connectivity index is 1.19. The molecule has 3 heterocycles. The maximum absolute atomic E-state index is 13.7. The number of rotatable bonds is 4. The van der Waals surface area contributed by atoms with Gasteiger partial charge in [-0.1, -0.05) is 36.4 Å². The van der Waals surface area contributed by atoms with Gasteiger partial charge in [-0.3, -0.25) is 9.69 Å². The van der Waals surface area contributed by atoms with Crippen LogP contribution in [0.15, 0.2) is 48.0 Å². The molecule has 3 aliphatic heterocycles. The Hall–Kier alpha value is -2.83. The van der Waals surface area contributed by atoms with Crippen LogP contribution in [-0.2, 0) is 16.6 Å². The summed E-state index contributed by atoms with van der Waals surface area (Å²) in [4.78, 5) is 18.3. The Morgan fingerprint density at radius 3 is 2.70 bits per heavy atom. The lowest BCUT2D eigenvalue weighted by Gasteiger charge is -2.64. The summed E-state index contributed by atoms with van der Waals surface area (Å²) in [6.07, 6.45) is 7.93. The number of nitrogens with zero attached hydrogens (tertiary/aromatic N) is 2. The fraction of sp³-hybridized carbons (Fsp3) is 0.516. The van der Waals surface area contributed by atoms with Gasteiger partial charge in [0.2, 0.25) is 5.91 Å². The quantitative estimate of drug-likeness (QED) is 0.630. The fourth-order valence-corrected chi connectivity index (χ4v) is 8.61. The third-order valence-electron chi connectivity index (χ3n) is 10.4. The van der Waals surface area contributed by atoms with E-state index in [1.54, 1.807) is 6.07 Å². The van der Waals surface area contributed by atoms with Gasteiger partial charge in [0.1, 0.15) is 6.10 Å². The number of carbonyl (C=O) groups is 1. The van der Waals surface area contributed by atoms with Gasteiger partial charge in [0.25, 0.3) is 0 Å². The predicted molar refractivity (Wildman–Crippen MR) is 139 cm³/mol. The number of hydrogen-bond donors (Lipinski definition) is 2. The van der Waals surface area contributed by atoms with Gasteiger partial charge in [-0.15, -0.1) is 0 Å². The van der Waals surface area contributed by atoms with Gasteiger partial charge >= 0.3 is 0 Å². The number of likely N-dealkylation sites (tertiary alicyclic amines) is 2. The van der Waals surface area contributed by atoms with Crippen LogP contribution >= 0.6 is 0 Å². The molecule has 2 aromatic carbocycles. The molecule has 0 unspecified atom stereocenters. The molecule has 37 heavy (non-hydrogen) atoms. The number of aromatic hydroxyl groups is 1. The minimum absolute atomic E-state index is 0.0553. The predicted octanol–water partition coefficient (Wildman–Crippen LogP) is 3.64. The summed E-state index contributed by atoms with van der Waals surface area (Å²) >= 11 is 0. The van der Waals surface area contributed by atoms with E-state index >= 15 is 0 Å². The van der Waals surface area contributed by atoms with E-state index in [4.69, 9.17) is 4.74 Å². The van der Waals surface area contributed by atoms with Crippen molar-refractivity contribution in [3.05, 3.63) is 64.7 Å². The zero-order valence-corrected chi connectivity index (χ0v) is 21.1. The second kappa shape index (κ2) is 7.61. The van der Waals surface area contributed by atoms with Gasteiger partial charge in [-0.25, -0.2) is 0 Å². The zero-order chi connectivity index (χ0) is 24.9. The molecule has 6 nitrogen and oxygen atoms in total. The van der Waals surface area contributed by atoms with Crippen molar-refractivity contribution in [2.45, 2.75) is 74.1 Å². The van der Waals surface area contributed by atoms with E-state index < -0.39 is 11.0 Å². The highest BCUT2D eigenvalue weighted by atomic mass is 16.5. The third-order valence-corrected chi connectivity index (χ3v) is 10.4. The van der Waals surface area contributed by atoms with Crippen molar-refractivity contribution in [1.29, 1.82) is 0 Å². The number of carbonyl (C=O) groups excluding carboxylic acids is 1. The maximum atomic E-state index is 13.7. The number of aliphatic hydroxyl groups is 1. The molecule has 8 rings (SSSR count). The highest BCUT2D eigenvalue weighted by molar-refractivity contribution is 6.00. The standard InChI is InChI=1S/C31H34N2O4/c34-24-9-8-21-17-25-31(36)12-10-23(33-14-11-22(29(33)35)16-19-4-2-1-3-5-19)28-30(31,26(21)27(24)37-28)13-15-32(25)18-20-6-7-20/h1-5,8-9,16,20,23,25,28,34,36H,6-7,10-15,17-18H2/b22-16+/t23-,25+,28-,30-,31+/m0/s1. The first-order valence-electron chi connectivity index (χ1n) is 14.0. The van der Waals surface area contributed by atoms with Crippen LogP contribution in [-0.4, -0.2) is 69.3 Å². The number of ether oxygens (including phenoxy) is 1. The molecule has 2 N–H and O–H groups in total. The Morgan fingerprint density at radius 1 is 1.05 bits per heavy atom. The molecule has 192 valence electrons. The monoisotopic (exact) mass is 498 g/mol. The highest BCUT2D eigenvalue weighted by Crippen LogP contribution is 2.66. The van der Waals surface area contributed by atoms with Crippen LogP contribution in [0.3, 0.4) is 0 Å². The molecule has 5 atom stereocenters. The van der Waals surface area contributed by atoms with Crippen LogP contribution in [0, 0.1) is 5.92 Å². The van der Waals surface area contributed by atoms with Crippen LogP contribution < -0.4 is 4.74 Å². The van der Waals surface area contributed by atoms with E-state index in [0.29, 0.717) is 25.1 Å². The Labute approximate surface area is 217 Å². The normalized spacial score (nSPS) is 37.1. The number of piperidine rings is 1. The first-order valence-corrected chi connectivity index (χ1v) is 14.0. The van der Waals surface area contributed by atoms with E-state index in [-0.39, 0.29) is 29.8 Å². The second-order valence-electron chi connectivity index (χ2n) is 12.2. The lowest BCUT2D eigenvalue weighted by molar-refractivity contribution is -0.200. The molecule has 1 amide bonds. The molecule has 6 aliphatic rings. The molecule has 0 aromatic heterocycles. The summed E-state index contributed by atoms with van der Waals surface area (Å²) in [5.74, 6) is 1.55. The molecule has 1 spiro atoms. The molecule has 4 fully saturated rings. The van der Waals surface area contributed by atoms with Crippen molar-refractivity contribution in [3.63, 3.8) is 0 Å². The maximum Gasteiger partial charge on any atom is 0.250 e. The van der Waals surface area contributed by atoms with Gasteiger partial charge < -0.3 is 19.8 Å². The molecule has 0 radical (unpaired) electrons. The van der Waals surface area contributed by atoms with Gasteiger partial charge in [0.05, 0.1) is 17.1 Å². The van der Waals surface area contributed by atoms with E-state index in [1.807, 2.05) is 47.4 Å².